The number of carbonyl (C=O) groups is 1. The van der Waals surface area contributed by atoms with Crippen molar-refractivity contribution in [2.24, 2.45) is 0 Å². The van der Waals surface area contributed by atoms with E-state index in [0.29, 0.717) is 13.1 Å². The maximum absolute atomic E-state index is 13.4. The first-order chi connectivity index (χ1) is 14.4. The summed E-state index contributed by atoms with van der Waals surface area (Å²) < 4.78 is 45.7. The molecular weight excluding hydrogens is 395 g/mol. The average Bonchev–Trinajstić information content (AvgIpc) is 3.17. The van der Waals surface area contributed by atoms with Gasteiger partial charge in [-0.25, -0.2) is 4.98 Å². The molecule has 0 fully saturated rings. The molecule has 1 N–H and O–H groups in total. The standard InChI is InChI=1S/C22H22F3N3O2/c1-2-26-21(29)19-15-30-20(27-19)14-28(12-16-8-4-3-5-9-16)13-17-10-6-7-11-18(17)22(23,24)25/h3-11,15H,2,12-14H2,1H3,(H,26,29). The van der Waals surface area contributed by atoms with Gasteiger partial charge < -0.3 is 9.73 Å². The number of aromatic nitrogens is 1. The van der Waals surface area contributed by atoms with Crippen LogP contribution in [0.3, 0.4) is 0 Å². The minimum atomic E-state index is -4.44. The Labute approximate surface area is 172 Å². The largest absolute Gasteiger partial charge is 0.447 e. The van der Waals surface area contributed by atoms with Crippen molar-refractivity contribution in [1.82, 2.24) is 15.2 Å². The van der Waals surface area contributed by atoms with Crippen LogP contribution in [0.5, 0.6) is 0 Å². The minimum Gasteiger partial charge on any atom is -0.447 e. The summed E-state index contributed by atoms with van der Waals surface area (Å²) in [5.74, 6) is -0.0961. The van der Waals surface area contributed by atoms with Gasteiger partial charge in [0.2, 0.25) is 5.89 Å². The lowest BCUT2D eigenvalue weighted by Gasteiger charge is -2.23. The third-order valence-corrected chi connectivity index (χ3v) is 4.45. The maximum Gasteiger partial charge on any atom is 0.416 e. The molecule has 0 aliphatic rings. The van der Waals surface area contributed by atoms with Crippen LogP contribution in [0.1, 0.15) is 40.0 Å². The van der Waals surface area contributed by atoms with Crippen molar-refractivity contribution in [2.45, 2.75) is 32.7 Å². The van der Waals surface area contributed by atoms with Gasteiger partial charge in [0.05, 0.1) is 12.1 Å². The molecule has 0 aliphatic heterocycles. The Morgan fingerprint density at radius 2 is 1.73 bits per heavy atom. The Hall–Kier alpha value is -3.13. The number of hydrogen-bond donors (Lipinski definition) is 1. The fourth-order valence-corrected chi connectivity index (χ4v) is 3.12. The van der Waals surface area contributed by atoms with E-state index in [-0.39, 0.29) is 36.1 Å². The molecule has 0 saturated carbocycles. The predicted octanol–water partition coefficient (Wildman–Crippen LogP) is 4.65. The summed E-state index contributed by atoms with van der Waals surface area (Å²) >= 11 is 0. The molecule has 2 aromatic carbocycles. The van der Waals surface area contributed by atoms with E-state index < -0.39 is 11.7 Å². The molecule has 1 aromatic heterocycles. The molecule has 30 heavy (non-hydrogen) atoms. The Balaban J connectivity index is 1.84. The van der Waals surface area contributed by atoms with Gasteiger partial charge in [0.25, 0.3) is 5.91 Å². The summed E-state index contributed by atoms with van der Waals surface area (Å²) in [6, 6.07) is 14.9. The van der Waals surface area contributed by atoms with E-state index in [9.17, 15) is 18.0 Å². The van der Waals surface area contributed by atoms with Gasteiger partial charge in [0.15, 0.2) is 5.69 Å². The molecule has 3 rings (SSSR count). The molecule has 1 amide bonds. The normalized spacial score (nSPS) is 11.6. The molecule has 0 unspecified atom stereocenters. The van der Waals surface area contributed by atoms with Gasteiger partial charge in [-0.1, -0.05) is 48.5 Å². The molecule has 0 spiro atoms. The van der Waals surface area contributed by atoms with Crippen molar-refractivity contribution in [3.63, 3.8) is 0 Å². The lowest BCUT2D eigenvalue weighted by atomic mass is 10.1. The number of amides is 1. The van der Waals surface area contributed by atoms with E-state index in [1.54, 1.807) is 17.9 Å². The van der Waals surface area contributed by atoms with Gasteiger partial charge in [-0.2, -0.15) is 13.2 Å². The second-order valence-electron chi connectivity index (χ2n) is 6.77. The second kappa shape index (κ2) is 9.58. The summed E-state index contributed by atoms with van der Waals surface area (Å²) in [5, 5.41) is 2.63. The van der Waals surface area contributed by atoms with Gasteiger partial charge in [0.1, 0.15) is 6.26 Å². The number of nitrogens with zero attached hydrogens (tertiary/aromatic N) is 2. The fourth-order valence-electron chi connectivity index (χ4n) is 3.12. The van der Waals surface area contributed by atoms with Gasteiger partial charge >= 0.3 is 6.18 Å². The van der Waals surface area contributed by atoms with Crippen molar-refractivity contribution in [3.8, 4) is 0 Å². The smallest absolute Gasteiger partial charge is 0.416 e. The zero-order valence-electron chi connectivity index (χ0n) is 16.4. The zero-order chi connectivity index (χ0) is 21.6. The van der Waals surface area contributed by atoms with Crippen molar-refractivity contribution in [2.75, 3.05) is 6.54 Å². The Morgan fingerprint density at radius 1 is 1.03 bits per heavy atom. The highest BCUT2D eigenvalue weighted by atomic mass is 19.4. The topological polar surface area (TPSA) is 58.4 Å². The first-order valence-corrected chi connectivity index (χ1v) is 9.50. The molecule has 0 aliphatic carbocycles. The van der Waals surface area contributed by atoms with Crippen LogP contribution in [0.15, 0.2) is 65.3 Å². The van der Waals surface area contributed by atoms with Crippen molar-refractivity contribution < 1.29 is 22.4 Å². The molecule has 3 aromatic rings. The highest BCUT2D eigenvalue weighted by Gasteiger charge is 2.33. The van der Waals surface area contributed by atoms with Gasteiger partial charge in [-0.3, -0.25) is 9.69 Å². The first kappa shape index (κ1) is 21.6. The van der Waals surface area contributed by atoms with Crippen molar-refractivity contribution in [1.29, 1.82) is 0 Å². The van der Waals surface area contributed by atoms with Crippen LogP contribution in [0.4, 0.5) is 13.2 Å². The number of benzene rings is 2. The van der Waals surface area contributed by atoms with Crippen LogP contribution in [0.2, 0.25) is 0 Å². The van der Waals surface area contributed by atoms with E-state index >= 15 is 0 Å². The van der Waals surface area contributed by atoms with Crippen molar-refractivity contribution >= 4 is 5.91 Å². The molecule has 5 nitrogen and oxygen atoms in total. The Kier molecular flexibility index (Phi) is 6.89. The Bertz CT molecular complexity index is 971. The monoisotopic (exact) mass is 417 g/mol. The van der Waals surface area contributed by atoms with Crippen LogP contribution in [0.25, 0.3) is 0 Å². The summed E-state index contributed by atoms with van der Waals surface area (Å²) in [4.78, 5) is 17.9. The van der Waals surface area contributed by atoms with E-state index in [2.05, 4.69) is 10.3 Å². The zero-order valence-corrected chi connectivity index (χ0v) is 16.4. The molecular formula is C22H22F3N3O2. The number of halogens is 3. The van der Waals surface area contributed by atoms with Crippen LogP contribution >= 0.6 is 0 Å². The number of oxazole rings is 1. The highest BCUT2D eigenvalue weighted by molar-refractivity contribution is 5.91. The molecule has 0 bridgehead atoms. The second-order valence-corrected chi connectivity index (χ2v) is 6.77. The number of alkyl halides is 3. The molecule has 0 atom stereocenters. The van der Waals surface area contributed by atoms with E-state index in [0.717, 1.165) is 11.6 Å². The van der Waals surface area contributed by atoms with Gasteiger partial charge in [-0.15, -0.1) is 0 Å². The summed E-state index contributed by atoms with van der Waals surface area (Å²) in [5.41, 5.74) is 0.578. The number of rotatable bonds is 8. The quantitative estimate of drug-likeness (QED) is 0.580. The number of carbonyl (C=O) groups excluding carboxylic acids is 1. The van der Waals surface area contributed by atoms with Crippen LogP contribution < -0.4 is 5.32 Å². The van der Waals surface area contributed by atoms with Crippen LogP contribution in [-0.2, 0) is 25.8 Å². The molecule has 0 saturated heterocycles. The fraction of sp³-hybridized carbons (Fsp3) is 0.273. The third kappa shape index (κ3) is 5.70. The van der Waals surface area contributed by atoms with E-state index in [1.807, 2.05) is 30.3 Å². The van der Waals surface area contributed by atoms with Crippen LogP contribution in [0, 0.1) is 0 Å². The van der Waals surface area contributed by atoms with Gasteiger partial charge in [-0.05, 0) is 24.1 Å². The maximum atomic E-state index is 13.4. The van der Waals surface area contributed by atoms with Gasteiger partial charge in [0, 0.05) is 19.6 Å². The first-order valence-electron chi connectivity index (χ1n) is 9.50. The lowest BCUT2D eigenvalue weighted by Crippen LogP contribution is -2.25. The minimum absolute atomic E-state index is 0.0451. The molecule has 8 heteroatoms. The average molecular weight is 417 g/mol. The number of nitrogens with one attached hydrogen (secondary N) is 1. The summed E-state index contributed by atoms with van der Waals surface area (Å²) in [7, 11) is 0. The summed E-state index contributed by atoms with van der Waals surface area (Å²) in [6.07, 6.45) is -3.19. The number of hydrogen-bond acceptors (Lipinski definition) is 4. The lowest BCUT2D eigenvalue weighted by molar-refractivity contribution is -0.138. The third-order valence-electron chi connectivity index (χ3n) is 4.45. The van der Waals surface area contributed by atoms with Crippen LogP contribution in [-0.4, -0.2) is 22.3 Å². The van der Waals surface area contributed by atoms with E-state index in [4.69, 9.17) is 4.42 Å². The van der Waals surface area contributed by atoms with Crippen molar-refractivity contribution in [3.05, 3.63) is 89.1 Å². The molecule has 0 radical (unpaired) electrons. The highest BCUT2D eigenvalue weighted by Crippen LogP contribution is 2.32. The predicted molar refractivity (Wildman–Crippen MR) is 105 cm³/mol. The molecule has 1 heterocycles. The summed E-state index contributed by atoms with van der Waals surface area (Å²) in [6.45, 7) is 2.84. The SMILES string of the molecule is CCNC(=O)c1coc(CN(Cc2ccccc2)Cc2ccccc2C(F)(F)F)n1. The van der Waals surface area contributed by atoms with E-state index in [1.165, 1.54) is 18.4 Å². The Morgan fingerprint density at radius 3 is 2.43 bits per heavy atom. The molecule has 158 valence electrons.